The quantitative estimate of drug-likeness (QED) is 0.514. The molecule has 0 saturated carbocycles. The Morgan fingerprint density at radius 3 is 2.10 bits per heavy atom. The highest BCUT2D eigenvalue weighted by Crippen LogP contribution is 1.96. The normalized spacial score (nSPS) is 10.8. The molecule has 10 heavy (non-hydrogen) atoms. The Labute approximate surface area is 65.4 Å². The predicted molar refractivity (Wildman–Crippen MR) is 47.0 cm³/mol. The van der Waals surface area contributed by atoms with E-state index in [2.05, 4.69) is 25.7 Å². The lowest BCUT2D eigenvalue weighted by molar-refractivity contribution is 0.297. The molecule has 0 aliphatic carbocycles. The van der Waals surface area contributed by atoms with Crippen molar-refractivity contribution in [1.29, 1.82) is 0 Å². The van der Waals surface area contributed by atoms with Crippen molar-refractivity contribution in [3.8, 4) is 0 Å². The van der Waals surface area contributed by atoms with Crippen molar-refractivity contribution in [1.82, 2.24) is 4.90 Å². The summed E-state index contributed by atoms with van der Waals surface area (Å²) in [6, 6.07) is 0. The molecule has 0 aliphatic heterocycles. The van der Waals surface area contributed by atoms with Crippen molar-refractivity contribution < 1.29 is 0 Å². The molecule has 0 aliphatic rings. The first-order valence-corrected chi connectivity index (χ1v) is 4.36. The van der Waals surface area contributed by atoms with Crippen molar-refractivity contribution >= 4 is 0 Å². The Balaban J connectivity index is 3.09. The van der Waals surface area contributed by atoms with Gasteiger partial charge >= 0.3 is 0 Å². The molecule has 0 fully saturated rings. The molecule has 0 aromatic rings. The fraction of sp³-hybridized carbons (Fsp3) is 0.889. The molecule has 1 heteroatoms. The minimum absolute atomic E-state index is 1.08. The second kappa shape index (κ2) is 7.07. The molecule has 0 saturated heterocycles. The molecular formula is C9H20N. The van der Waals surface area contributed by atoms with Crippen LogP contribution in [-0.2, 0) is 0 Å². The van der Waals surface area contributed by atoms with Gasteiger partial charge in [0.15, 0.2) is 0 Å². The predicted octanol–water partition coefficient (Wildman–Crippen LogP) is 2.33. The van der Waals surface area contributed by atoms with E-state index in [1.54, 1.807) is 0 Å². The second-order valence-electron chi connectivity index (χ2n) is 2.59. The second-order valence-corrected chi connectivity index (χ2v) is 2.59. The SMILES string of the molecule is [CH2]CCCCN(CC)CC. The molecule has 0 amide bonds. The molecule has 0 heterocycles. The summed E-state index contributed by atoms with van der Waals surface area (Å²) in [4.78, 5) is 2.45. The highest BCUT2D eigenvalue weighted by molar-refractivity contribution is 4.52. The van der Waals surface area contributed by atoms with Gasteiger partial charge in [0.1, 0.15) is 0 Å². The smallest absolute Gasteiger partial charge is 0.00190 e. The third-order valence-corrected chi connectivity index (χ3v) is 1.87. The summed E-state index contributed by atoms with van der Waals surface area (Å²) in [6.07, 6.45) is 3.67. The standard InChI is InChI=1S/C9H20N/c1-4-7-8-9-10(5-2)6-3/h1,4-9H2,2-3H3. The summed E-state index contributed by atoms with van der Waals surface area (Å²) in [5.41, 5.74) is 0. The summed E-state index contributed by atoms with van der Waals surface area (Å²) < 4.78 is 0. The maximum Gasteiger partial charge on any atom is -0.00190 e. The van der Waals surface area contributed by atoms with Gasteiger partial charge in [0.2, 0.25) is 0 Å². The number of hydrogen-bond acceptors (Lipinski definition) is 1. The van der Waals surface area contributed by atoms with Gasteiger partial charge < -0.3 is 4.90 Å². The largest absolute Gasteiger partial charge is 0.304 e. The molecule has 61 valence electrons. The van der Waals surface area contributed by atoms with Crippen LogP contribution in [-0.4, -0.2) is 24.5 Å². The third-order valence-electron chi connectivity index (χ3n) is 1.87. The van der Waals surface area contributed by atoms with Gasteiger partial charge in [-0.05, 0) is 26.1 Å². The van der Waals surface area contributed by atoms with E-state index in [-0.39, 0.29) is 0 Å². The minimum Gasteiger partial charge on any atom is -0.304 e. The Kier molecular flexibility index (Phi) is 7.04. The summed E-state index contributed by atoms with van der Waals surface area (Å²) in [5.74, 6) is 0. The van der Waals surface area contributed by atoms with Crippen molar-refractivity contribution in [2.24, 2.45) is 0 Å². The zero-order valence-corrected chi connectivity index (χ0v) is 7.40. The van der Waals surface area contributed by atoms with E-state index < -0.39 is 0 Å². The Hall–Kier alpha value is -0.0400. The topological polar surface area (TPSA) is 3.24 Å². The fourth-order valence-electron chi connectivity index (χ4n) is 1.05. The van der Waals surface area contributed by atoms with E-state index in [4.69, 9.17) is 0 Å². The molecule has 0 spiro atoms. The molecule has 0 bridgehead atoms. The van der Waals surface area contributed by atoms with Crippen LogP contribution in [0.15, 0.2) is 0 Å². The monoisotopic (exact) mass is 142 g/mol. The van der Waals surface area contributed by atoms with Crippen molar-refractivity contribution in [2.45, 2.75) is 33.1 Å². The lowest BCUT2D eigenvalue weighted by atomic mass is 10.2. The molecule has 0 rings (SSSR count). The zero-order valence-electron chi connectivity index (χ0n) is 7.40. The zero-order chi connectivity index (χ0) is 7.82. The number of rotatable bonds is 6. The summed E-state index contributed by atoms with van der Waals surface area (Å²) in [7, 11) is 0. The van der Waals surface area contributed by atoms with Crippen molar-refractivity contribution in [3.63, 3.8) is 0 Å². The molecular weight excluding hydrogens is 122 g/mol. The minimum atomic E-state index is 1.08. The van der Waals surface area contributed by atoms with Gasteiger partial charge in [0, 0.05) is 0 Å². The average Bonchev–Trinajstić information content (AvgIpc) is 1.99. The van der Waals surface area contributed by atoms with Crippen LogP contribution in [0, 0.1) is 6.92 Å². The van der Waals surface area contributed by atoms with Crippen LogP contribution in [0.2, 0.25) is 0 Å². The molecule has 0 aromatic carbocycles. The van der Waals surface area contributed by atoms with Gasteiger partial charge in [-0.2, -0.15) is 0 Å². The lowest BCUT2D eigenvalue weighted by Gasteiger charge is -2.16. The van der Waals surface area contributed by atoms with E-state index >= 15 is 0 Å². The highest BCUT2D eigenvalue weighted by atomic mass is 15.1. The first-order valence-electron chi connectivity index (χ1n) is 4.36. The number of hydrogen-bond donors (Lipinski definition) is 0. The van der Waals surface area contributed by atoms with E-state index in [1.807, 2.05) is 0 Å². The van der Waals surface area contributed by atoms with Crippen LogP contribution in [0.25, 0.3) is 0 Å². The van der Waals surface area contributed by atoms with Crippen LogP contribution in [0.4, 0.5) is 0 Å². The molecule has 0 atom stereocenters. The van der Waals surface area contributed by atoms with Gasteiger partial charge in [-0.15, -0.1) is 0 Å². The first-order chi connectivity index (χ1) is 4.85. The van der Waals surface area contributed by atoms with Gasteiger partial charge in [-0.3, -0.25) is 0 Å². The van der Waals surface area contributed by atoms with Crippen LogP contribution < -0.4 is 0 Å². The molecule has 0 N–H and O–H groups in total. The molecule has 1 radical (unpaired) electrons. The van der Waals surface area contributed by atoms with Crippen LogP contribution in [0.1, 0.15) is 33.1 Å². The average molecular weight is 142 g/mol. The summed E-state index contributed by atoms with van der Waals surface area (Å²) in [6.45, 7) is 11.9. The molecule has 1 nitrogen and oxygen atoms in total. The lowest BCUT2D eigenvalue weighted by Crippen LogP contribution is -2.23. The Morgan fingerprint density at radius 1 is 1.10 bits per heavy atom. The summed E-state index contributed by atoms with van der Waals surface area (Å²) in [5, 5.41) is 0. The Morgan fingerprint density at radius 2 is 1.70 bits per heavy atom. The van der Waals surface area contributed by atoms with E-state index in [0.717, 1.165) is 6.42 Å². The Bertz CT molecular complexity index is 57.7. The number of unbranched alkanes of at least 4 members (excludes halogenated alkanes) is 2. The van der Waals surface area contributed by atoms with Crippen LogP contribution in [0.5, 0.6) is 0 Å². The first kappa shape index (κ1) is 9.96. The van der Waals surface area contributed by atoms with E-state index in [0.29, 0.717) is 0 Å². The number of nitrogens with zero attached hydrogens (tertiary/aromatic N) is 1. The molecule has 0 aromatic heterocycles. The van der Waals surface area contributed by atoms with Crippen molar-refractivity contribution in [3.05, 3.63) is 6.92 Å². The fourth-order valence-corrected chi connectivity index (χ4v) is 1.05. The maximum atomic E-state index is 3.82. The van der Waals surface area contributed by atoms with Crippen LogP contribution >= 0.6 is 0 Å². The maximum absolute atomic E-state index is 3.82. The van der Waals surface area contributed by atoms with Gasteiger partial charge in [-0.25, -0.2) is 0 Å². The molecule has 0 unspecified atom stereocenters. The highest BCUT2D eigenvalue weighted by Gasteiger charge is 1.95. The van der Waals surface area contributed by atoms with E-state index in [9.17, 15) is 0 Å². The van der Waals surface area contributed by atoms with Crippen molar-refractivity contribution in [2.75, 3.05) is 19.6 Å². The summed E-state index contributed by atoms with van der Waals surface area (Å²) >= 11 is 0. The van der Waals surface area contributed by atoms with Gasteiger partial charge in [0.05, 0.1) is 0 Å². The van der Waals surface area contributed by atoms with Gasteiger partial charge in [-0.1, -0.05) is 33.6 Å². The van der Waals surface area contributed by atoms with Gasteiger partial charge in [0.25, 0.3) is 0 Å². The van der Waals surface area contributed by atoms with E-state index in [1.165, 1.54) is 32.5 Å². The van der Waals surface area contributed by atoms with Crippen LogP contribution in [0.3, 0.4) is 0 Å². The third kappa shape index (κ3) is 4.80.